The van der Waals surface area contributed by atoms with Gasteiger partial charge >= 0.3 is 0 Å². The second kappa shape index (κ2) is 5.15. The number of hydrogen-bond acceptors (Lipinski definition) is 5. The first-order valence-corrected chi connectivity index (χ1v) is 8.86. The fourth-order valence-electron chi connectivity index (χ4n) is 6.56. The van der Waals surface area contributed by atoms with Gasteiger partial charge in [0.15, 0.2) is 0 Å². The van der Waals surface area contributed by atoms with Crippen LogP contribution in [0, 0.1) is 29.6 Å². The van der Waals surface area contributed by atoms with Crippen LogP contribution >= 0.6 is 0 Å². The van der Waals surface area contributed by atoms with Gasteiger partial charge in [-0.15, -0.1) is 0 Å². The van der Waals surface area contributed by atoms with E-state index in [0.717, 1.165) is 19.3 Å². The van der Waals surface area contributed by atoms with Gasteiger partial charge in [0.05, 0.1) is 30.0 Å². The molecule has 0 heterocycles. The van der Waals surface area contributed by atoms with Crippen LogP contribution in [-0.4, -0.2) is 55.5 Å². The van der Waals surface area contributed by atoms with Gasteiger partial charge in [-0.1, -0.05) is 12.8 Å². The molecule has 0 spiro atoms. The second-order valence-electron chi connectivity index (χ2n) is 8.33. The lowest BCUT2D eigenvalue weighted by atomic mass is 9.49. The number of aliphatic hydroxyl groups excluding tert-OH is 4. The molecule has 0 aromatic rings. The average molecular weight is 312 g/mol. The van der Waals surface area contributed by atoms with E-state index < -0.39 is 35.9 Å². The zero-order valence-corrected chi connectivity index (χ0v) is 12.9. The zero-order valence-electron chi connectivity index (χ0n) is 12.9. The third-order valence-corrected chi connectivity index (χ3v) is 7.31. The maximum atomic E-state index is 11.0. The van der Waals surface area contributed by atoms with Crippen molar-refractivity contribution in [1.29, 1.82) is 0 Å². The first kappa shape index (κ1) is 15.3. The lowest BCUT2D eigenvalue weighted by Crippen LogP contribution is -2.68. The molecular weight excluding hydrogens is 284 g/mol. The van der Waals surface area contributed by atoms with Gasteiger partial charge in [0.1, 0.15) is 0 Å². The monoisotopic (exact) mass is 312 g/mol. The molecule has 4 rings (SSSR count). The molecule has 4 fully saturated rings. The highest BCUT2D eigenvalue weighted by molar-refractivity contribution is 5.13. The predicted octanol–water partition coefficient (Wildman–Crippen LogP) is 0.0272. The lowest BCUT2D eigenvalue weighted by Gasteiger charge is -2.60. The molecule has 5 N–H and O–H groups in total. The van der Waals surface area contributed by atoms with E-state index in [2.05, 4.69) is 0 Å². The van der Waals surface area contributed by atoms with Gasteiger partial charge in [-0.25, -0.2) is 0 Å². The quantitative estimate of drug-likeness (QED) is 0.434. The highest BCUT2D eigenvalue weighted by Crippen LogP contribution is 2.59. The fourth-order valence-corrected chi connectivity index (χ4v) is 6.56. The van der Waals surface area contributed by atoms with Crippen molar-refractivity contribution in [2.75, 3.05) is 0 Å². The van der Waals surface area contributed by atoms with Crippen molar-refractivity contribution in [2.24, 2.45) is 29.6 Å². The maximum absolute atomic E-state index is 11.0. The van der Waals surface area contributed by atoms with E-state index in [1.54, 1.807) is 0 Å². The minimum absolute atomic E-state index is 0.0972. The summed E-state index contributed by atoms with van der Waals surface area (Å²) in [5, 5.41) is 52.7. The van der Waals surface area contributed by atoms with Crippen molar-refractivity contribution < 1.29 is 25.5 Å². The molecule has 0 bridgehead atoms. The van der Waals surface area contributed by atoms with E-state index in [1.807, 2.05) is 0 Å². The minimum atomic E-state index is -1.47. The van der Waals surface area contributed by atoms with Gasteiger partial charge in [-0.3, -0.25) is 0 Å². The topological polar surface area (TPSA) is 101 Å². The summed E-state index contributed by atoms with van der Waals surface area (Å²) in [5.74, 6) is 0.533. The molecule has 10 atom stereocenters. The first-order valence-electron chi connectivity index (χ1n) is 8.86. The summed E-state index contributed by atoms with van der Waals surface area (Å²) in [6.07, 6.45) is 1.94. The van der Waals surface area contributed by atoms with E-state index in [4.69, 9.17) is 0 Å². The Morgan fingerprint density at radius 1 is 0.818 bits per heavy atom. The van der Waals surface area contributed by atoms with Gasteiger partial charge in [-0.05, 0) is 49.4 Å². The molecule has 0 aliphatic heterocycles. The summed E-state index contributed by atoms with van der Waals surface area (Å²) in [5.41, 5.74) is -1.47. The van der Waals surface area contributed by atoms with Crippen LogP contribution in [0.3, 0.4) is 0 Å². The average Bonchev–Trinajstić information content (AvgIpc) is 2.87. The van der Waals surface area contributed by atoms with Crippen LogP contribution in [0.4, 0.5) is 0 Å². The van der Waals surface area contributed by atoms with Crippen LogP contribution in [0.1, 0.15) is 44.9 Å². The molecule has 0 radical (unpaired) electrons. The molecule has 10 unspecified atom stereocenters. The standard InChI is InChI=1S/C17H28O5/c18-9-5-13(20)16-15-11(6-14(21)17(16,22)7-9)10-3-1-2-8(10)4-12(15)19/h8-16,18-22H,1-7H2. The minimum Gasteiger partial charge on any atom is -0.393 e. The van der Waals surface area contributed by atoms with E-state index in [-0.39, 0.29) is 24.7 Å². The molecular formula is C17H28O5. The Bertz CT molecular complexity index is 443. The normalized spacial score (nSPS) is 61.2. The van der Waals surface area contributed by atoms with Crippen LogP contribution in [0.5, 0.6) is 0 Å². The Morgan fingerprint density at radius 3 is 2.36 bits per heavy atom. The van der Waals surface area contributed by atoms with Crippen LogP contribution in [-0.2, 0) is 0 Å². The van der Waals surface area contributed by atoms with Gasteiger partial charge in [0.25, 0.3) is 0 Å². The van der Waals surface area contributed by atoms with Crippen molar-refractivity contribution in [2.45, 2.75) is 75.0 Å². The molecule has 4 aliphatic carbocycles. The van der Waals surface area contributed by atoms with Crippen LogP contribution < -0.4 is 0 Å². The van der Waals surface area contributed by atoms with Gasteiger partial charge in [-0.2, -0.15) is 0 Å². The summed E-state index contributed by atoms with van der Waals surface area (Å²) in [6, 6.07) is 0. The molecule has 0 saturated heterocycles. The Labute approximate surface area is 131 Å². The molecule has 0 amide bonds. The molecule has 126 valence electrons. The van der Waals surface area contributed by atoms with Crippen molar-refractivity contribution in [3.63, 3.8) is 0 Å². The van der Waals surface area contributed by atoms with Gasteiger partial charge in [0.2, 0.25) is 0 Å². The van der Waals surface area contributed by atoms with Crippen LogP contribution in [0.15, 0.2) is 0 Å². The van der Waals surface area contributed by atoms with E-state index in [0.29, 0.717) is 18.3 Å². The number of hydrogen-bond donors (Lipinski definition) is 5. The molecule has 4 aliphatic rings. The fraction of sp³-hybridized carbons (Fsp3) is 1.00. The molecule has 5 nitrogen and oxygen atoms in total. The molecule has 0 aromatic heterocycles. The zero-order chi connectivity index (χ0) is 15.6. The third-order valence-electron chi connectivity index (χ3n) is 7.31. The maximum Gasteiger partial charge on any atom is 0.0986 e. The summed E-state index contributed by atoms with van der Waals surface area (Å²) in [4.78, 5) is 0. The largest absolute Gasteiger partial charge is 0.393 e. The van der Waals surface area contributed by atoms with Gasteiger partial charge in [0, 0.05) is 12.3 Å². The summed E-state index contributed by atoms with van der Waals surface area (Å²) in [6.45, 7) is 0. The summed E-state index contributed by atoms with van der Waals surface area (Å²) >= 11 is 0. The van der Waals surface area contributed by atoms with E-state index >= 15 is 0 Å². The van der Waals surface area contributed by atoms with Crippen molar-refractivity contribution in [3.05, 3.63) is 0 Å². The Balaban J connectivity index is 1.71. The van der Waals surface area contributed by atoms with Crippen LogP contribution in [0.25, 0.3) is 0 Å². The van der Waals surface area contributed by atoms with Gasteiger partial charge < -0.3 is 25.5 Å². The second-order valence-corrected chi connectivity index (χ2v) is 8.33. The third kappa shape index (κ3) is 2.02. The molecule has 5 heteroatoms. The van der Waals surface area contributed by atoms with E-state index in [9.17, 15) is 25.5 Å². The number of aliphatic hydroxyl groups is 5. The lowest BCUT2D eigenvalue weighted by molar-refractivity contribution is -0.259. The molecule has 22 heavy (non-hydrogen) atoms. The highest BCUT2D eigenvalue weighted by Gasteiger charge is 2.63. The number of rotatable bonds is 0. The first-order chi connectivity index (χ1) is 10.4. The smallest absolute Gasteiger partial charge is 0.0986 e. The SMILES string of the molecule is OC1CC(O)C2C3C(O)CC4CCCC4C3CC(O)C2(O)C1. The summed E-state index contributed by atoms with van der Waals surface area (Å²) in [7, 11) is 0. The summed E-state index contributed by atoms with van der Waals surface area (Å²) < 4.78 is 0. The number of fused-ring (bicyclic) bond motifs is 5. The molecule has 0 aromatic carbocycles. The Kier molecular flexibility index (Phi) is 3.59. The predicted molar refractivity (Wildman–Crippen MR) is 78.7 cm³/mol. The molecule has 4 saturated carbocycles. The Hall–Kier alpha value is -0.200. The Morgan fingerprint density at radius 2 is 1.59 bits per heavy atom. The van der Waals surface area contributed by atoms with Crippen molar-refractivity contribution in [3.8, 4) is 0 Å². The highest BCUT2D eigenvalue weighted by atomic mass is 16.4. The van der Waals surface area contributed by atoms with E-state index in [1.165, 1.54) is 6.42 Å². The van der Waals surface area contributed by atoms with Crippen LogP contribution in [0.2, 0.25) is 0 Å². The van der Waals surface area contributed by atoms with Crippen molar-refractivity contribution in [1.82, 2.24) is 0 Å². The van der Waals surface area contributed by atoms with Crippen molar-refractivity contribution >= 4 is 0 Å².